The summed E-state index contributed by atoms with van der Waals surface area (Å²) < 4.78 is 5.57. The van der Waals surface area contributed by atoms with Crippen LogP contribution < -0.4 is 0 Å². The van der Waals surface area contributed by atoms with Crippen molar-refractivity contribution in [2.75, 3.05) is 13.2 Å². The zero-order chi connectivity index (χ0) is 14.4. The van der Waals surface area contributed by atoms with Gasteiger partial charge in [0.05, 0.1) is 6.61 Å². The monoisotopic (exact) mass is 296 g/mol. The number of morpholine rings is 1. The van der Waals surface area contributed by atoms with Crippen molar-refractivity contribution in [3.63, 3.8) is 0 Å². The van der Waals surface area contributed by atoms with Crippen LogP contribution in [-0.2, 0) is 20.9 Å². The van der Waals surface area contributed by atoms with E-state index in [0.29, 0.717) is 17.0 Å². The zero-order valence-corrected chi connectivity index (χ0v) is 11.4. The number of ether oxygens (including phenoxy) is 1. The fourth-order valence-electron chi connectivity index (χ4n) is 2.70. The third-order valence-corrected chi connectivity index (χ3v) is 5.43. The van der Waals surface area contributed by atoms with Gasteiger partial charge in [-0.1, -0.05) is 30.3 Å². The minimum absolute atomic E-state index is 0.134. The van der Waals surface area contributed by atoms with E-state index in [2.05, 4.69) is 0 Å². The molecule has 0 aliphatic carbocycles. The van der Waals surface area contributed by atoms with Gasteiger partial charge in [-0.15, -0.1) is 0 Å². The molecule has 2 saturated heterocycles. The lowest BCUT2D eigenvalue weighted by Gasteiger charge is -2.30. The normalized spacial score (nSPS) is 30.3. The maximum Gasteiger partial charge on any atom is 0.355 e. The number of benzene rings is 1. The molecule has 0 aromatic heterocycles. The number of carbonyl (C=O) groups is 2. The summed E-state index contributed by atoms with van der Waals surface area (Å²) in [5.41, 5.74) is -1.06. The third kappa shape index (κ3) is 1.81. The number of carboxylic acids is 2. The number of quaternary nitrogens is 1. The number of rotatable bonds is 4. The number of hydrogen-bond acceptors (Lipinski definition) is 4. The van der Waals surface area contributed by atoms with Gasteiger partial charge in [-0.25, -0.2) is 13.5 Å². The number of carboxylic acid groups (broad SMARTS) is 2. The lowest BCUT2D eigenvalue weighted by molar-refractivity contribution is -0.778. The van der Waals surface area contributed by atoms with Gasteiger partial charge >= 0.3 is 17.5 Å². The van der Waals surface area contributed by atoms with Crippen LogP contribution in [0.5, 0.6) is 0 Å². The molecule has 3 rings (SSSR count). The highest BCUT2D eigenvalue weighted by molar-refractivity contribution is 7.99. The number of hydrogen-bond donors (Lipinski definition) is 2. The Morgan fingerprint density at radius 3 is 2.55 bits per heavy atom. The highest BCUT2D eigenvalue weighted by atomic mass is 32.2. The molecule has 2 N–H and O–H groups in total. The van der Waals surface area contributed by atoms with Crippen molar-refractivity contribution in [3.05, 3.63) is 35.9 Å². The summed E-state index contributed by atoms with van der Waals surface area (Å²) >= 11 is 1.36. The largest absolute Gasteiger partial charge is 0.478 e. The van der Waals surface area contributed by atoms with Gasteiger partial charge in [0.25, 0.3) is 5.37 Å². The fraction of sp³-hybridized carbons (Fsp3) is 0.385. The average molecular weight is 296 g/mol. The second-order valence-corrected chi connectivity index (χ2v) is 6.36. The Balaban J connectivity index is 1.88. The molecule has 1 unspecified atom stereocenters. The van der Waals surface area contributed by atoms with E-state index < -0.39 is 22.9 Å². The molecular formula is C13H14NO5S+. The lowest BCUT2D eigenvalue weighted by atomic mass is 10.0. The molecule has 2 aliphatic heterocycles. The van der Waals surface area contributed by atoms with Crippen LogP contribution in [0, 0.1) is 0 Å². The highest BCUT2D eigenvalue weighted by Crippen LogP contribution is 2.60. The molecule has 0 spiro atoms. The Morgan fingerprint density at radius 2 is 1.95 bits per heavy atom. The second-order valence-electron chi connectivity index (χ2n) is 4.97. The predicted octanol–water partition coefficient (Wildman–Crippen LogP) is 0.929. The number of fused-ring (bicyclic) bond motifs is 1. The summed E-state index contributed by atoms with van der Waals surface area (Å²) in [4.78, 5) is 22.8. The van der Waals surface area contributed by atoms with E-state index >= 15 is 0 Å². The Kier molecular flexibility index (Phi) is 3.00. The molecule has 2 heterocycles. The maximum absolute atomic E-state index is 11.4. The van der Waals surface area contributed by atoms with Crippen LogP contribution in [-0.4, -0.2) is 50.2 Å². The van der Waals surface area contributed by atoms with Crippen molar-refractivity contribution in [3.8, 4) is 0 Å². The molecule has 0 saturated carbocycles. The van der Waals surface area contributed by atoms with E-state index in [4.69, 9.17) is 4.74 Å². The van der Waals surface area contributed by atoms with E-state index in [1.165, 1.54) is 11.9 Å². The zero-order valence-electron chi connectivity index (χ0n) is 10.6. The van der Waals surface area contributed by atoms with E-state index in [1.807, 2.05) is 30.3 Å². The fourth-order valence-corrected chi connectivity index (χ4v) is 4.19. The summed E-state index contributed by atoms with van der Waals surface area (Å²) in [6, 6.07) is 9.66. The molecule has 106 valence electrons. The van der Waals surface area contributed by atoms with Gasteiger partial charge in [-0.3, -0.25) is 0 Å². The molecular weight excluding hydrogens is 282 g/mol. The summed E-state index contributed by atoms with van der Waals surface area (Å²) in [7, 11) is 0. The van der Waals surface area contributed by atoms with E-state index in [0.717, 1.165) is 5.56 Å². The summed E-state index contributed by atoms with van der Waals surface area (Å²) in [6.07, 6.45) is 0. The molecule has 0 bridgehead atoms. The van der Waals surface area contributed by atoms with Gasteiger partial charge in [0, 0.05) is 5.56 Å². The van der Waals surface area contributed by atoms with Crippen molar-refractivity contribution < 1.29 is 28.4 Å². The Labute approximate surface area is 119 Å². The Hall–Kier alpha value is -1.57. The molecule has 2 atom stereocenters. The van der Waals surface area contributed by atoms with Crippen molar-refractivity contribution in [1.82, 2.24) is 0 Å². The van der Waals surface area contributed by atoms with Gasteiger partial charge < -0.3 is 14.9 Å². The number of nitrogens with zero attached hydrogens (tertiary/aromatic N) is 1. The van der Waals surface area contributed by atoms with Gasteiger partial charge in [0.2, 0.25) is 0 Å². The van der Waals surface area contributed by atoms with Gasteiger partial charge in [0.15, 0.2) is 0 Å². The number of aliphatic carboxylic acids is 2. The quantitative estimate of drug-likeness (QED) is 0.372. The molecule has 0 amide bonds. The van der Waals surface area contributed by atoms with Crippen molar-refractivity contribution in [1.29, 1.82) is 0 Å². The molecule has 6 nitrogen and oxygen atoms in total. The van der Waals surface area contributed by atoms with Crippen molar-refractivity contribution in [2.45, 2.75) is 17.5 Å². The van der Waals surface area contributed by atoms with Crippen molar-refractivity contribution in [2.24, 2.45) is 0 Å². The maximum atomic E-state index is 11.4. The Morgan fingerprint density at radius 1 is 1.30 bits per heavy atom. The smallest absolute Gasteiger partial charge is 0.355 e. The first-order valence-electron chi connectivity index (χ1n) is 6.21. The molecule has 2 fully saturated rings. The second kappa shape index (κ2) is 4.47. The first kappa shape index (κ1) is 13.4. The predicted molar refractivity (Wildman–Crippen MR) is 70.6 cm³/mol. The van der Waals surface area contributed by atoms with Crippen LogP contribution >= 0.6 is 11.9 Å². The van der Waals surface area contributed by atoms with Crippen molar-refractivity contribution >= 4 is 23.9 Å². The molecule has 1 aromatic carbocycles. The summed E-state index contributed by atoms with van der Waals surface area (Å²) in [5.74, 6) is -2.84. The molecule has 0 radical (unpaired) electrons. The highest BCUT2D eigenvalue weighted by Gasteiger charge is 2.79. The van der Waals surface area contributed by atoms with Crippen LogP contribution in [0.1, 0.15) is 5.56 Å². The lowest BCUT2D eigenvalue weighted by Crippen LogP contribution is -2.61. The topological polar surface area (TPSA) is 83.8 Å². The first-order valence-corrected chi connectivity index (χ1v) is 7.05. The van der Waals surface area contributed by atoms with Crippen LogP contribution in [0.2, 0.25) is 0 Å². The molecule has 2 aliphatic rings. The molecule has 20 heavy (non-hydrogen) atoms. The van der Waals surface area contributed by atoms with Gasteiger partial charge in [0.1, 0.15) is 25.0 Å². The van der Waals surface area contributed by atoms with Crippen LogP contribution in [0.4, 0.5) is 0 Å². The van der Waals surface area contributed by atoms with E-state index in [-0.39, 0.29) is 6.61 Å². The van der Waals surface area contributed by atoms with Gasteiger partial charge in [-0.2, -0.15) is 0 Å². The SMILES string of the molecule is O=C(O)C1(C(=O)O)OCC[N@@+]2(Cc3ccccc3)SC12. The van der Waals surface area contributed by atoms with Crippen LogP contribution in [0.25, 0.3) is 0 Å². The molecule has 7 heteroatoms. The minimum Gasteiger partial charge on any atom is -0.478 e. The average Bonchev–Trinajstić information content (AvgIpc) is 3.13. The third-order valence-electron chi connectivity index (χ3n) is 3.77. The first-order chi connectivity index (χ1) is 9.51. The minimum atomic E-state index is -2.13. The van der Waals surface area contributed by atoms with E-state index in [1.54, 1.807) is 0 Å². The van der Waals surface area contributed by atoms with E-state index in [9.17, 15) is 19.8 Å². The van der Waals surface area contributed by atoms with Crippen LogP contribution in [0.15, 0.2) is 30.3 Å². The standard InChI is InChI=1S/C13H13NO5S/c15-11(16)13(12(17)18)10-14(20-10,6-7-19-13)8-9-4-2-1-3-5-9/h1-5,10H,6-8H2,(H-,15,16,17,18)/p+1/t10?,14-/m0/s1. The van der Waals surface area contributed by atoms with Gasteiger partial charge in [-0.05, 0) is 0 Å². The summed E-state index contributed by atoms with van der Waals surface area (Å²) in [5, 5.41) is 18.0. The molecule has 1 aromatic rings. The van der Waals surface area contributed by atoms with Crippen LogP contribution in [0.3, 0.4) is 0 Å². The summed E-state index contributed by atoms with van der Waals surface area (Å²) in [6.45, 7) is 1.36. The Bertz CT molecular complexity index is 549.